The van der Waals surface area contributed by atoms with Gasteiger partial charge in [0.1, 0.15) is 5.82 Å². The van der Waals surface area contributed by atoms with Gasteiger partial charge >= 0.3 is 29.6 Å². The Balaban J connectivity index is 0.00000112. The van der Waals surface area contributed by atoms with Gasteiger partial charge in [-0.15, -0.1) is 0 Å². The summed E-state index contributed by atoms with van der Waals surface area (Å²) in [4.78, 5) is 6.74. The summed E-state index contributed by atoms with van der Waals surface area (Å²) < 4.78 is 0. The fourth-order valence-electron chi connectivity index (χ4n) is 1.57. The summed E-state index contributed by atoms with van der Waals surface area (Å²) in [5.74, 6) is 0.690. The molecule has 1 N–H and O–H groups in total. The van der Waals surface area contributed by atoms with E-state index in [4.69, 9.17) is 24.2 Å². The van der Waals surface area contributed by atoms with Crippen molar-refractivity contribution in [3.05, 3.63) is 17.3 Å². The van der Waals surface area contributed by atoms with Crippen LogP contribution in [0.15, 0.2) is 17.2 Å². The number of pyridine rings is 1. The Labute approximate surface area is 122 Å². The average molecular weight is 253 g/mol. The Kier molecular flexibility index (Phi) is 5.09. The summed E-state index contributed by atoms with van der Waals surface area (Å²) in [6.45, 7) is 1.37. The fraction of sp³-hybridized carbons (Fsp3) is 0.444. The minimum absolute atomic E-state index is 0. The number of hydrogen-bond donors (Lipinski definition) is 1. The monoisotopic (exact) mass is 252 g/mol. The van der Waals surface area contributed by atoms with Crippen molar-refractivity contribution in [2.45, 2.75) is 17.4 Å². The second-order valence-electron chi connectivity index (χ2n) is 3.34. The zero-order valence-corrected chi connectivity index (χ0v) is 12.1. The molecule has 0 spiro atoms. The van der Waals surface area contributed by atoms with E-state index in [0.29, 0.717) is 22.3 Å². The van der Waals surface area contributed by atoms with Crippen molar-refractivity contribution in [3.63, 3.8) is 0 Å². The van der Waals surface area contributed by atoms with E-state index in [-0.39, 0.29) is 35.7 Å². The van der Waals surface area contributed by atoms with Crippen LogP contribution >= 0.6 is 11.6 Å². The maximum absolute atomic E-state index is 9.38. The van der Waals surface area contributed by atoms with Crippen LogP contribution in [-0.4, -0.2) is 29.3 Å². The van der Waals surface area contributed by atoms with Gasteiger partial charge < -0.3 is 22.6 Å². The van der Waals surface area contributed by atoms with Crippen molar-refractivity contribution in [2.75, 3.05) is 18.0 Å². The van der Waals surface area contributed by atoms with E-state index in [1.54, 1.807) is 12.3 Å². The normalized spacial score (nSPS) is 20.1. The van der Waals surface area contributed by atoms with Crippen LogP contribution in [-0.2, 0) is 12.6 Å². The summed E-state index contributed by atoms with van der Waals surface area (Å²) in [5.41, 5.74) is 0. The molecule has 0 aromatic carbocycles. The Hall–Kier alpha value is 0.420. The number of aliphatic hydroxyl groups excluding tert-OH is 1. The molecule has 6 heteroatoms. The van der Waals surface area contributed by atoms with Crippen molar-refractivity contribution in [3.8, 4) is 0 Å². The van der Waals surface area contributed by atoms with Gasteiger partial charge in [0, 0.05) is 19.3 Å². The third kappa shape index (κ3) is 2.96. The Bertz CT molecular complexity index is 353. The molecule has 0 aliphatic carbocycles. The fourth-order valence-corrected chi connectivity index (χ4v) is 1.95. The van der Waals surface area contributed by atoms with Crippen LogP contribution in [0.3, 0.4) is 0 Å². The largest absolute Gasteiger partial charge is 1.00 e. The molecule has 2 rings (SSSR count). The Morgan fingerprint density at radius 1 is 1.60 bits per heavy atom. The summed E-state index contributed by atoms with van der Waals surface area (Å²) in [5, 5.41) is 9.89. The molecule has 3 nitrogen and oxygen atoms in total. The van der Waals surface area contributed by atoms with E-state index < -0.39 is 0 Å². The maximum atomic E-state index is 9.38. The zero-order valence-electron chi connectivity index (χ0n) is 8.48. The molecule has 1 saturated heterocycles. The molecule has 76 valence electrons. The van der Waals surface area contributed by atoms with Crippen LogP contribution in [0.25, 0.3) is 0 Å². The van der Waals surface area contributed by atoms with Gasteiger partial charge in [0.15, 0.2) is 0 Å². The van der Waals surface area contributed by atoms with Gasteiger partial charge in [-0.2, -0.15) is 4.90 Å². The van der Waals surface area contributed by atoms with Crippen LogP contribution in [0.4, 0.5) is 5.82 Å². The minimum atomic E-state index is -0.276. The first-order valence-electron chi connectivity index (χ1n) is 4.43. The molecule has 0 saturated carbocycles. The molecule has 1 aromatic heterocycles. The van der Waals surface area contributed by atoms with Crippen molar-refractivity contribution in [1.82, 2.24) is 4.98 Å². The van der Waals surface area contributed by atoms with Crippen molar-refractivity contribution < 1.29 is 34.7 Å². The smallest absolute Gasteiger partial charge is 0.778 e. The first-order valence-corrected chi connectivity index (χ1v) is 5.21. The molecular formula is C9H10ClN2NaOS. The standard InChI is InChI=1S/C9H11ClN2OS.Na/c10-8-7(14)1-3-11-9(8)12-4-2-6(13)5-12;/h1,3,6,13H,2,4-5H2,(H,11,14);/q;+1/p-1. The van der Waals surface area contributed by atoms with Gasteiger partial charge in [-0.05, 0) is 6.42 Å². The van der Waals surface area contributed by atoms with Gasteiger partial charge in [-0.1, -0.05) is 17.7 Å². The minimum Gasteiger partial charge on any atom is -0.778 e. The molecule has 1 fully saturated rings. The number of β-amino-alcohol motifs (C(OH)–C–C–N with tert-alkyl or cyclic N) is 1. The first kappa shape index (κ1) is 13.5. The number of halogens is 1. The second kappa shape index (κ2) is 5.66. The van der Waals surface area contributed by atoms with Crippen molar-refractivity contribution in [2.24, 2.45) is 0 Å². The van der Waals surface area contributed by atoms with E-state index in [1.807, 2.05) is 4.90 Å². The predicted octanol–water partition coefficient (Wildman–Crippen LogP) is -1.78. The molecule has 15 heavy (non-hydrogen) atoms. The number of aromatic nitrogens is 1. The number of rotatable bonds is 1. The van der Waals surface area contributed by atoms with Crippen LogP contribution < -0.4 is 34.5 Å². The number of nitrogens with zero attached hydrogens (tertiary/aromatic N) is 2. The molecule has 0 amide bonds. The third-order valence-electron chi connectivity index (χ3n) is 2.30. The number of aliphatic hydroxyl groups is 1. The number of anilines is 1. The molecule has 1 atom stereocenters. The average Bonchev–Trinajstić information content (AvgIpc) is 2.57. The first-order chi connectivity index (χ1) is 6.68. The van der Waals surface area contributed by atoms with Gasteiger partial charge in [0.05, 0.1) is 11.1 Å². The van der Waals surface area contributed by atoms with Gasteiger partial charge in [-0.3, -0.25) is 0 Å². The summed E-state index contributed by atoms with van der Waals surface area (Å²) >= 11 is 11.1. The molecular weight excluding hydrogens is 243 g/mol. The van der Waals surface area contributed by atoms with E-state index in [1.165, 1.54) is 0 Å². The quantitative estimate of drug-likeness (QED) is 0.474. The summed E-state index contributed by atoms with van der Waals surface area (Å²) in [7, 11) is 0. The van der Waals surface area contributed by atoms with Gasteiger partial charge in [0.25, 0.3) is 0 Å². The molecule has 0 bridgehead atoms. The molecule has 1 aliphatic heterocycles. The van der Waals surface area contributed by atoms with E-state index in [0.717, 1.165) is 13.0 Å². The summed E-state index contributed by atoms with van der Waals surface area (Å²) in [6.07, 6.45) is 2.13. The Morgan fingerprint density at radius 2 is 2.33 bits per heavy atom. The SMILES string of the molecule is OC1CCN(c2nccc([S-])c2Cl)C1.[Na+]. The second-order valence-corrected chi connectivity index (χ2v) is 4.15. The van der Waals surface area contributed by atoms with E-state index in [9.17, 15) is 5.11 Å². The molecule has 2 heterocycles. The number of hydrogen-bond acceptors (Lipinski definition) is 4. The van der Waals surface area contributed by atoms with Crippen LogP contribution in [0.2, 0.25) is 5.02 Å². The van der Waals surface area contributed by atoms with Gasteiger partial charge in [-0.25, -0.2) is 4.98 Å². The third-order valence-corrected chi connectivity index (χ3v) is 3.12. The molecule has 0 radical (unpaired) electrons. The molecule has 1 unspecified atom stereocenters. The van der Waals surface area contributed by atoms with Crippen LogP contribution in [0.5, 0.6) is 0 Å². The predicted molar refractivity (Wildman–Crippen MR) is 57.7 cm³/mol. The van der Waals surface area contributed by atoms with E-state index in [2.05, 4.69) is 4.98 Å². The van der Waals surface area contributed by atoms with Crippen molar-refractivity contribution >= 4 is 30.0 Å². The summed E-state index contributed by atoms with van der Waals surface area (Å²) in [6, 6.07) is 1.70. The molecule has 1 aliphatic rings. The van der Waals surface area contributed by atoms with Gasteiger partial charge in [0.2, 0.25) is 0 Å². The van der Waals surface area contributed by atoms with Crippen LogP contribution in [0, 0.1) is 0 Å². The Morgan fingerprint density at radius 3 is 2.93 bits per heavy atom. The maximum Gasteiger partial charge on any atom is 1.00 e. The topological polar surface area (TPSA) is 36.4 Å². The van der Waals surface area contributed by atoms with Crippen molar-refractivity contribution in [1.29, 1.82) is 0 Å². The van der Waals surface area contributed by atoms with E-state index >= 15 is 0 Å². The molecule has 1 aromatic rings. The van der Waals surface area contributed by atoms with Crippen LogP contribution in [0.1, 0.15) is 6.42 Å². The zero-order chi connectivity index (χ0) is 10.1.